The van der Waals surface area contributed by atoms with Gasteiger partial charge in [0.1, 0.15) is 10.4 Å². The molecule has 1 unspecified atom stereocenters. The van der Waals surface area contributed by atoms with E-state index < -0.39 is 0 Å². The number of rotatable bonds is 3. The Hall–Kier alpha value is -2.67. The molecule has 0 radical (unpaired) electrons. The maximum atomic E-state index is 12.3. The molecule has 1 atom stereocenters. The van der Waals surface area contributed by atoms with Crippen LogP contribution in [-0.2, 0) is 4.79 Å². The van der Waals surface area contributed by atoms with Crippen molar-refractivity contribution in [3.63, 3.8) is 0 Å². The number of H-pyrrole nitrogens is 1. The van der Waals surface area contributed by atoms with Gasteiger partial charge < -0.3 is 20.4 Å². The van der Waals surface area contributed by atoms with Crippen LogP contribution in [0.25, 0.3) is 0 Å². The number of benzene rings is 1. The van der Waals surface area contributed by atoms with Crippen LogP contribution >= 0.6 is 12.2 Å². The second-order valence-electron chi connectivity index (χ2n) is 5.20. The average molecular weight is 329 g/mol. The first-order valence-electron chi connectivity index (χ1n) is 7.10. The third kappa shape index (κ3) is 3.24. The number of fused-ring (bicyclic) bond motifs is 1. The Balaban J connectivity index is 1.78. The van der Waals surface area contributed by atoms with Gasteiger partial charge in [-0.15, -0.1) is 0 Å². The molecule has 3 rings (SSSR count). The molecule has 2 heterocycles. The van der Waals surface area contributed by atoms with Crippen molar-refractivity contribution in [1.82, 2.24) is 10.3 Å². The number of aromatic amines is 1. The van der Waals surface area contributed by atoms with Gasteiger partial charge in [-0.25, -0.2) is 0 Å². The Bertz CT molecular complexity index is 831. The van der Waals surface area contributed by atoms with E-state index in [-0.39, 0.29) is 24.5 Å². The molecule has 2 aromatic rings. The normalized spacial score (nSPS) is 14.2. The van der Waals surface area contributed by atoms with E-state index in [0.29, 0.717) is 21.6 Å². The van der Waals surface area contributed by atoms with Crippen LogP contribution in [0.4, 0.5) is 5.69 Å². The molecule has 0 fully saturated rings. The minimum Gasteiger partial charge on any atom is -0.482 e. The Labute approximate surface area is 137 Å². The lowest BCUT2D eigenvalue weighted by molar-refractivity contribution is -0.118. The highest BCUT2D eigenvalue weighted by atomic mass is 32.1. The molecule has 0 bridgehead atoms. The van der Waals surface area contributed by atoms with Crippen LogP contribution in [0, 0.1) is 4.64 Å². The second kappa shape index (κ2) is 6.21. The number of carbonyl (C=O) groups excluding carboxylic acids is 2. The average Bonchev–Trinajstić information content (AvgIpc) is 2.54. The van der Waals surface area contributed by atoms with Crippen LogP contribution in [0.1, 0.15) is 28.9 Å². The van der Waals surface area contributed by atoms with Crippen molar-refractivity contribution < 1.29 is 14.3 Å². The smallest absolute Gasteiger partial charge is 0.262 e. The van der Waals surface area contributed by atoms with Gasteiger partial charge in [-0.1, -0.05) is 18.3 Å². The fourth-order valence-electron chi connectivity index (χ4n) is 2.33. The molecule has 118 valence electrons. The van der Waals surface area contributed by atoms with Gasteiger partial charge >= 0.3 is 0 Å². The maximum absolute atomic E-state index is 12.3. The van der Waals surface area contributed by atoms with Gasteiger partial charge in [0.15, 0.2) is 6.61 Å². The molecule has 6 nitrogen and oxygen atoms in total. The lowest BCUT2D eigenvalue weighted by atomic mass is 10.1. The summed E-state index contributed by atoms with van der Waals surface area (Å²) in [6.45, 7) is 1.88. The first-order chi connectivity index (χ1) is 11.0. The van der Waals surface area contributed by atoms with Crippen molar-refractivity contribution in [3.05, 3.63) is 52.3 Å². The van der Waals surface area contributed by atoms with E-state index in [2.05, 4.69) is 15.6 Å². The summed E-state index contributed by atoms with van der Waals surface area (Å²) in [5, 5.41) is 5.64. The molecular weight excluding hydrogens is 314 g/mol. The third-order valence-corrected chi connectivity index (χ3v) is 3.88. The molecule has 1 aliphatic heterocycles. The van der Waals surface area contributed by atoms with Gasteiger partial charge in [0.2, 0.25) is 0 Å². The fourth-order valence-corrected chi connectivity index (χ4v) is 2.56. The SMILES string of the molecule is CC(NC(=O)c1ccc[nH]c1=S)c1ccc2c(c1)NC(=O)CO2. The standard InChI is InChI=1S/C16H15N3O3S/c1-9(18-15(21)11-3-2-6-17-16(11)23)10-4-5-13-12(7-10)19-14(20)8-22-13/h2-7,9H,8H2,1H3,(H,17,23)(H,18,21)(H,19,20). The molecular formula is C16H15N3O3S. The van der Waals surface area contributed by atoms with Crippen LogP contribution in [-0.4, -0.2) is 23.4 Å². The Morgan fingerprint density at radius 1 is 1.39 bits per heavy atom. The lowest BCUT2D eigenvalue weighted by Crippen LogP contribution is -2.28. The lowest BCUT2D eigenvalue weighted by Gasteiger charge is -2.21. The molecule has 23 heavy (non-hydrogen) atoms. The molecule has 2 amide bonds. The zero-order valence-corrected chi connectivity index (χ0v) is 13.2. The number of amides is 2. The summed E-state index contributed by atoms with van der Waals surface area (Å²) in [6, 6.07) is 8.57. The van der Waals surface area contributed by atoms with Gasteiger partial charge in [-0.3, -0.25) is 9.59 Å². The van der Waals surface area contributed by atoms with Crippen LogP contribution in [0.5, 0.6) is 5.75 Å². The number of pyridine rings is 1. The van der Waals surface area contributed by atoms with Crippen LogP contribution in [0.2, 0.25) is 0 Å². The first-order valence-corrected chi connectivity index (χ1v) is 7.50. The molecule has 0 saturated heterocycles. The number of hydrogen-bond acceptors (Lipinski definition) is 4. The highest BCUT2D eigenvalue weighted by molar-refractivity contribution is 7.71. The van der Waals surface area contributed by atoms with Crippen molar-refractivity contribution in [3.8, 4) is 5.75 Å². The summed E-state index contributed by atoms with van der Waals surface area (Å²) < 4.78 is 5.71. The van der Waals surface area contributed by atoms with Gasteiger partial charge in [0.05, 0.1) is 17.3 Å². The van der Waals surface area contributed by atoms with E-state index in [1.807, 2.05) is 13.0 Å². The first kappa shape index (κ1) is 15.2. The molecule has 1 aromatic heterocycles. The quantitative estimate of drug-likeness (QED) is 0.756. The van der Waals surface area contributed by atoms with Crippen LogP contribution < -0.4 is 15.4 Å². The van der Waals surface area contributed by atoms with Crippen molar-refractivity contribution in [2.24, 2.45) is 0 Å². The molecule has 1 aliphatic rings. The van der Waals surface area contributed by atoms with E-state index in [0.717, 1.165) is 5.56 Å². The van der Waals surface area contributed by atoms with Crippen molar-refractivity contribution in [2.75, 3.05) is 11.9 Å². The number of ether oxygens (including phenoxy) is 1. The van der Waals surface area contributed by atoms with Crippen LogP contribution in [0.15, 0.2) is 36.5 Å². The van der Waals surface area contributed by atoms with Gasteiger partial charge in [0.25, 0.3) is 11.8 Å². The van der Waals surface area contributed by atoms with Gasteiger partial charge in [-0.2, -0.15) is 0 Å². The highest BCUT2D eigenvalue weighted by Crippen LogP contribution is 2.30. The number of carbonyl (C=O) groups is 2. The predicted octanol–water partition coefficient (Wildman–Crippen LogP) is 2.57. The van der Waals surface area contributed by atoms with Crippen LogP contribution in [0.3, 0.4) is 0 Å². The summed E-state index contributed by atoms with van der Waals surface area (Å²) in [5.41, 5.74) is 1.88. The number of hydrogen-bond donors (Lipinski definition) is 3. The molecule has 1 aromatic carbocycles. The molecule has 3 N–H and O–H groups in total. The Kier molecular flexibility index (Phi) is 4.12. The molecule has 0 spiro atoms. The summed E-state index contributed by atoms with van der Waals surface area (Å²) in [4.78, 5) is 26.5. The minimum absolute atomic E-state index is 0.0186. The van der Waals surface area contributed by atoms with Gasteiger partial charge in [-0.05, 0) is 36.8 Å². The Morgan fingerprint density at radius 3 is 3.00 bits per heavy atom. The number of nitrogens with one attached hydrogen (secondary N) is 3. The predicted molar refractivity (Wildman–Crippen MR) is 88.1 cm³/mol. The molecule has 0 saturated carbocycles. The highest BCUT2D eigenvalue weighted by Gasteiger charge is 2.18. The fraction of sp³-hybridized carbons (Fsp3) is 0.188. The largest absolute Gasteiger partial charge is 0.482 e. The third-order valence-electron chi connectivity index (χ3n) is 3.55. The van der Waals surface area contributed by atoms with Crippen molar-refractivity contribution in [1.29, 1.82) is 0 Å². The number of aromatic nitrogens is 1. The van der Waals surface area contributed by atoms with E-state index in [9.17, 15) is 9.59 Å². The molecule has 0 aliphatic carbocycles. The summed E-state index contributed by atoms with van der Waals surface area (Å²) in [6.07, 6.45) is 1.68. The van der Waals surface area contributed by atoms with E-state index in [1.54, 1.807) is 30.5 Å². The zero-order chi connectivity index (χ0) is 16.4. The van der Waals surface area contributed by atoms with E-state index in [4.69, 9.17) is 17.0 Å². The topological polar surface area (TPSA) is 83.2 Å². The molecule has 7 heteroatoms. The number of anilines is 1. The Morgan fingerprint density at radius 2 is 2.22 bits per heavy atom. The zero-order valence-electron chi connectivity index (χ0n) is 12.4. The van der Waals surface area contributed by atoms with Crippen molar-refractivity contribution >= 4 is 29.7 Å². The summed E-state index contributed by atoms with van der Waals surface area (Å²) >= 11 is 5.11. The summed E-state index contributed by atoms with van der Waals surface area (Å²) in [5.74, 6) is 0.177. The second-order valence-corrected chi connectivity index (χ2v) is 5.61. The minimum atomic E-state index is -0.252. The maximum Gasteiger partial charge on any atom is 0.262 e. The van der Waals surface area contributed by atoms with Gasteiger partial charge in [0, 0.05) is 6.20 Å². The monoisotopic (exact) mass is 329 g/mol. The van der Waals surface area contributed by atoms with Crippen molar-refractivity contribution in [2.45, 2.75) is 13.0 Å². The van der Waals surface area contributed by atoms with E-state index in [1.165, 1.54) is 0 Å². The summed E-state index contributed by atoms with van der Waals surface area (Å²) in [7, 11) is 0. The van der Waals surface area contributed by atoms with E-state index >= 15 is 0 Å².